The third kappa shape index (κ3) is 3.79. The lowest BCUT2D eigenvalue weighted by molar-refractivity contribution is 0.111. The molecule has 2 N–H and O–H groups in total. The van der Waals surface area contributed by atoms with Crippen molar-refractivity contribution in [3.05, 3.63) is 28.7 Å². The first-order valence-electron chi connectivity index (χ1n) is 6.88. The Morgan fingerprint density at radius 3 is 3.24 bits per heavy atom. The molecule has 1 atom stereocenters. The smallest absolute Gasteiger partial charge is 0.315 e. The van der Waals surface area contributed by atoms with Gasteiger partial charge in [-0.15, -0.1) is 5.10 Å². The van der Waals surface area contributed by atoms with Gasteiger partial charge in [-0.05, 0) is 24.3 Å². The fraction of sp³-hybridized carbons (Fsp3) is 0.462. The fourth-order valence-electron chi connectivity index (χ4n) is 2.14. The normalized spacial score (nSPS) is 17.8. The Balaban J connectivity index is 1.43. The van der Waals surface area contributed by atoms with Crippen molar-refractivity contribution < 1.29 is 9.53 Å². The molecule has 112 valence electrons. The Hall–Kier alpha value is -1.93. The highest BCUT2D eigenvalue weighted by molar-refractivity contribution is 7.08. The van der Waals surface area contributed by atoms with Crippen LogP contribution in [0.3, 0.4) is 0 Å². The van der Waals surface area contributed by atoms with Crippen LogP contribution in [0.1, 0.15) is 18.5 Å². The van der Waals surface area contributed by atoms with Crippen LogP contribution in [0.4, 0.5) is 4.79 Å². The van der Waals surface area contributed by atoms with Crippen LogP contribution >= 0.6 is 11.3 Å². The van der Waals surface area contributed by atoms with Crippen molar-refractivity contribution in [1.82, 2.24) is 25.6 Å². The highest BCUT2D eigenvalue weighted by Gasteiger charge is 2.16. The van der Waals surface area contributed by atoms with Crippen molar-refractivity contribution in [1.29, 1.82) is 0 Å². The summed E-state index contributed by atoms with van der Waals surface area (Å²) in [5.74, 6) is 0. The Bertz CT molecular complexity index is 577. The van der Waals surface area contributed by atoms with Gasteiger partial charge in [-0.2, -0.15) is 11.3 Å². The predicted octanol–water partition coefficient (Wildman–Crippen LogP) is 1.31. The topological polar surface area (TPSA) is 81.1 Å². The Morgan fingerprint density at radius 2 is 2.48 bits per heavy atom. The maximum absolute atomic E-state index is 11.7. The zero-order valence-corrected chi connectivity index (χ0v) is 12.3. The van der Waals surface area contributed by atoms with Crippen LogP contribution in [0, 0.1) is 0 Å². The first-order valence-corrected chi connectivity index (χ1v) is 7.82. The summed E-state index contributed by atoms with van der Waals surface area (Å²) in [5.41, 5.74) is 1.69. The summed E-state index contributed by atoms with van der Waals surface area (Å²) in [5, 5.41) is 17.6. The van der Waals surface area contributed by atoms with Gasteiger partial charge in [0.15, 0.2) is 0 Å². The van der Waals surface area contributed by atoms with Gasteiger partial charge >= 0.3 is 6.03 Å². The molecular weight excluding hydrogens is 290 g/mol. The number of carbonyl (C=O) groups excluding carboxylic acids is 1. The third-order valence-corrected chi connectivity index (χ3v) is 3.93. The summed E-state index contributed by atoms with van der Waals surface area (Å²) in [7, 11) is 0. The van der Waals surface area contributed by atoms with E-state index in [0.29, 0.717) is 18.8 Å². The number of ether oxygens (including phenoxy) is 1. The van der Waals surface area contributed by atoms with Gasteiger partial charge in [-0.25, -0.2) is 9.48 Å². The van der Waals surface area contributed by atoms with E-state index >= 15 is 0 Å². The Labute approximate surface area is 126 Å². The number of hydrogen-bond acceptors (Lipinski definition) is 5. The molecule has 3 heterocycles. The first-order chi connectivity index (χ1) is 10.3. The van der Waals surface area contributed by atoms with Crippen LogP contribution in [0.2, 0.25) is 0 Å². The van der Waals surface area contributed by atoms with Gasteiger partial charge in [0.2, 0.25) is 0 Å². The van der Waals surface area contributed by atoms with Gasteiger partial charge in [0.1, 0.15) is 5.69 Å². The molecule has 3 rings (SSSR count). The van der Waals surface area contributed by atoms with Gasteiger partial charge in [0.25, 0.3) is 0 Å². The van der Waals surface area contributed by atoms with Gasteiger partial charge in [0, 0.05) is 18.5 Å². The molecule has 1 saturated heterocycles. The van der Waals surface area contributed by atoms with Crippen LogP contribution in [0.25, 0.3) is 5.69 Å². The average Bonchev–Trinajstić information content (AvgIpc) is 3.24. The lowest BCUT2D eigenvalue weighted by Gasteiger charge is -2.10. The van der Waals surface area contributed by atoms with Crippen molar-refractivity contribution in [2.75, 3.05) is 13.2 Å². The highest BCUT2D eigenvalue weighted by Crippen LogP contribution is 2.11. The molecule has 1 aliphatic heterocycles. The molecule has 0 radical (unpaired) electrons. The quantitative estimate of drug-likeness (QED) is 0.872. The molecule has 7 nitrogen and oxygen atoms in total. The van der Waals surface area contributed by atoms with E-state index in [-0.39, 0.29) is 12.1 Å². The van der Waals surface area contributed by atoms with Crippen LogP contribution in [-0.4, -0.2) is 40.3 Å². The molecule has 2 aromatic rings. The average molecular weight is 307 g/mol. The third-order valence-electron chi connectivity index (χ3n) is 3.26. The second kappa shape index (κ2) is 6.68. The van der Waals surface area contributed by atoms with Gasteiger partial charge < -0.3 is 15.4 Å². The number of thiophene rings is 1. The summed E-state index contributed by atoms with van der Waals surface area (Å²) in [6.07, 6.45) is 4.03. The van der Waals surface area contributed by atoms with E-state index in [1.807, 2.05) is 23.0 Å². The van der Waals surface area contributed by atoms with E-state index in [2.05, 4.69) is 20.9 Å². The molecule has 0 bridgehead atoms. The molecule has 0 aliphatic carbocycles. The fourth-order valence-corrected chi connectivity index (χ4v) is 2.76. The Morgan fingerprint density at radius 1 is 1.52 bits per heavy atom. The second-order valence-corrected chi connectivity index (χ2v) is 5.61. The highest BCUT2D eigenvalue weighted by atomic mass is 32.1. The second-order valence-electron chi connectivity index (χ2n) is 4.83. The molecule has 8 heteroatoms. The molecule has 1 fully saturated rings. The minimum atomic E-state index is -0.212. The predicted molar refractivity (Wildman–Crippen MR) is 78.4 cm³/mol. The molecule has 0 aromatic carbocycles. The summed E-state index contributed by atoms with van der Waals surface area (Å²) >= 11 is 1.60. The van der Waals surface area contributed by atoms with Crippen molar-refractivity contribution in [2.45, 2.75) is 25.5 Å². The minimum absolute atomic E-state index is 0.148. The number of nitrogens with one attached hydrogen (secondary N) is 2. The molecule has 0 spiro atoms. The van der Waals surface area contributed by atoms with Gasteiger partial charge in [-0.3, -0.25) is 0 Å². The first kappa shape index (κ1) is 14.0. The van der Waals surface area contributed by atoms with Crippen molar-refractivity contribution in [3.63, 3.8) is 0 Å². The molecule has 1 aliphatic rings. The van der Waals surface area contributed by atoms with Crippen LogP contribution in [0.5, 0.6) is 0 Å². The molecule has 2 aromatic heterocycles. The standard InChI is InChI=1S/C13H17N5O2S/c19-13(15-7-12-2-1-4-20-12)14-6-10-8-18(17-16-10)11-3-5-21-9-11/h3,5,8-9,12H,1-2,4,6-7H2,(H2,14,15,19). The van der Waals surface area contributed by atoms with E-state index in [0.717, 1.165) is 25.1 Å². The van der Waals surface area contributed by atoms with E-state index in [9.17, 15) is 4.79 Å². The van der Waals surface area contributed by atoms with E-state index < -0.39 is 0 Å². The maximum atomic E-state index is 11.7. The Kier molecular flexibility index (Phi) is 4.46. The van der Waals surface area contributed by atoms with E-state index in [1.54, 1.807) is 16.0 Å². The summed E-state index contributed by atoms with van der Waals surface area (Å²) in [6, 6.07) is 1.75. The van der Waals surface area contributed by atoms with Crippen molar-refractivity contribution >= 4 is 17.4 Å². The summed E-state index contributed by atoms with van der Waals surface area (Å²) in [4.78, 5) is 11.7. The zero-order chi connectivity index (χ0) is 14.5. The monoisotopic (exact) mass is 307 g/mol. The largest absolute Gasteiger partial charge is 0.376 e. The summed E-state index contributed by atoms with van der Waals surface area (Å²) in [6.45, 7) is 1.69. The number of nitrogens with zero attached hydrogens (tertiary/aromatic N) is 3. The lowest BCUT2D eigenvalue weighted by Crippen LogP contribution is -2.39. The van der Waals surface area contributed by atoms with Crippen LogP contribution in [0.15, 0.2) is 23.0 Å². The SMILES string of the molecule is O=C(NCc1cn(-c2ccsc2)nn1)NCC1CCCO1. The van der Waals surface area contributed by atoms with E-state index in [1.165, 1.54) is 0 Å². The zero-order valence-electron chi connectivity index (χ0n) is 11.5. The molecule has 2 amide bonds. The molecule has 0 saturated carbocycles. The minimum Gasteiger partial charge on any atom is -0.376 e. The molecule has 1 unspecified atom stereocenters. The molecule has 21 heavy (non-hydrogen) atoms. The number of hydrogen-bond donors (Lipinski definition) is 2. The maximum Gasteiger partial charge on any atom is 0.315 e. The summed E-state index contributed by atoms with van der Waals surface area (Å²) < 4.78 is 7.14. The van der Waals surface area contributed by atoms with Gasteiger partial charge in [0.05, 0.1) is 24.5 Å². The number of aromatic nitrogens is 3. The number of carbonyl (C=O) groups is 1. The number of rotatable bonds is 5. The van der Waals surface area contributed by atoms with E-state index in [4.69, 9.17) is 4.74 Å². The number of urea groups is 1. The van der Waals surface area contributed by atoms with Crippen LogP contribution < -0.4 is 10.6 Å². The lowest BCUT2D eigenvalue weighted by atomic mass is 10.2. The van der Waals surface area contributed by atoms with Crippen LogP contribution in [-0.2, 0) is 11.3 Å². The van der Waals surface area contributed by atoms with Gasteiger partial charge in [-0.1, -0.05) is 5.21 Å². The molecular formula is C13H17N5O2S. The van der Waals surface area contributed by atoms with Crippen molar-refractivity contribution in [2.24, 2.45) is 0 Å². The van der Waals surface area contributed by atoms with Crippen molar-refractivity contribution in [3.8, 4) is 5.69 Å². The number of amides is 2.